The van der Waals surface area contributed by atoms with Gasteiger partial charge in [-0.3, -0.25) is 0 Å². The second-order valence-electron chi connectivity index (χ2n) is 5.83. The van der Waals surface area contributed by atoms with Crippen LogP contribution in [0, 0.1) is 0 Å². The van der Waals surface area contributed by atoms with Crippen molar-refractivity contribution in [3.63, 3.8) is 0 Å². The third-order valence-corrected chi connectivity index (χ3v) is 4.82. The Labute approximate surface area is 157 Å². The van der Waals surface area contributed by atoms with E-state index >= 15 is 0 Å². The number of benzene rings is 2. The van der Waals surface area contributed by atoms with E-state index in [1.54, 1.807) is 4.90 Å². The number of aliphatic hydroxyl groups is 1. The minimum atomic E-state index is -0.494. The van der Waals surface area contributed by atoms with Crippen LogP contribution in [0.1, 0.15) is 43.1 Å². The van der Waals surface area contributed by atoms with Crippen LogP contribution in [0.4, 0.5) is 4.79 Å². The van der Waals surface area contributed by atoms with Crippen molar-refractivity contribution < 1.29 is 14.6 Å². The maximum Gasteiger partial charge on any atom is 0.410 e. The molecule has 2 aromatic carbocycles. The SMILES string of the molecule is CCC(O)c1ccc(Br)c(CN(CC)C(=O)OCc2ccccc2)c1. The van der Waals surface area contributed by atoms with E-state index in [0.29, 0.717) is 19.5 Å². The molecular weight excluding hydrogens is 382 g/mol. The van der Waals surface area contributed by atoms with Crippen molar-refractivity contribution in [3.8, 4) is 0 Å². The minimum absolute atomic E-state index is 0.256. The Balaban J connectivity index is 2.04. The molecule has 4 nitrogen and oxygen atoms in total. The highest BCUT2D eigenvalue weighted by molar-refractivity contribution is 9.10. The molecule has 0 heterocycles. The summed E-state index contributed by atoms with van der Waals surface area (Å²) in [5.41, 5.74) is 2.76. The van der Waals surface area contributed by atoms with Gasteiger partial charge in [-0.25, -0.2) is 4.79 Å². The van der Waals surface area contributed by atoms with Crippen molar-refractivity contribution in [1.29, 1.82) is 0 Å². The average Bonchev–Trinajstić information content (AvgIpc) is 2.65. The lowest BCUT2D eigenvalue weighted by molar-refractivity contribution is 0.0955. The molecule has 1 unspecified atom stereocenters. The van der Waals surface area contributed by atoms with Crippen LogP contribution < -0.4 is 0 Å². The van der Waals surface area contributed by atoms with Gasteiger partial charge in [-0.15, -0.1) is 0 Å². The van der Waals surface area contributed by atoms with Gasteiger partial charge in [0.25, 0.3) is 0 Å². The summed E-state index contributed by atoms with van der Waals surface area (Å²) in [6.07, 6.45) is -0.191. The Morgan fingerprint density at radius 1 is 1.20 bits per heavy atom. The van der Waals surface area contributed by atoms with Gasteiger partial charge >= 0.3 is 6.09 Å². The fraction of sp³-hybridized carbons (Fsp3) is 0.350. The number of aliphatic hydroxyl groups excluding tert-OH is 1. The summed E-state index contributed by atoms with van der Waals surface area (Å²) in [5.74, 6) is 0. The molecule has 2 rings (SSSR count). The number of carbonyl (C=O) groups excluding carboxylic acids is 1. The molecule has 0 aromatic heterocycles. The average molecular weight is 406 g/mol. The Bertz CT molecular complexity index is 691. The maximum atomic E-state index is 12.4. The second-order valence-corrected chi connectivity index (χ2v) is 6.68. The fourth-order valence-corrected chi connectivity index (χ4v) is 2.85. The number of halogens is 1. The molecule has 0 radical (unpaired) electrons. The summed E-state index contributed by atoms with van der Waals surface area (Å²) in [7, 11) is 0. The third-order valence-electron chi connectivity index (χ3n) is 4.05. The first kappa shape index (κ1) is 19.5. The van der Waals surface area contributed by atoms with E-state index in [1.807, 2.05) is 62.4 Å². The maximum absolute atomic E-state index is 12.4. The first-order valence-corrected chi connectivity index (χ1v) is 9.26. The molecule has 0 aliphatic heterocycles. The van der Waals surface area contributed by atoms with Gasteiger partial charge in [0, 0.05) is 11.0 Å². The number of ether oxygens (including phenoxy) is 1. The molecule has 1 N–H and O–H groups in total. The lowest BCUT2D eigenvalue weighted by Gasteiger charge is -2.22. The molecule has 0 aliphatic rings. The topological polar surface area (TPSA) is 49.8 Å². The monoisotopic (exact) mass is 405 g/mol. The predicted molar refractivity (Wildman–Crippen MR) is 102 cm³/mol. The summed E-state index contributed by atoms with van der Waals surface area (Å²) in [4.78, 5) is 14.0. The van der Waals surface area contributed by atoms with Gasteiger partial charge in [0.1, 0.15) is 6.61 Å². The van der Waals surface area contributed by atoms with Crippen molar-refractivity contribution in [2.24, 2.45) is 0 Å². The molecule has 2 aromatic rings. The molecule has 5 heteroatoms. The van der Waals surface area contributed by atoms with Crippen molar-refractivity contribution in [3.05, 3.63) is 69.7 Å². The van der Waals surface area contributed by atoms with Gasteiger partial charge in [0.15, 0.2) is 0 Å². The first-order chi connectivity index (χ1) is 12.0. The van der Waals surface area contributed by atoms with Crippen LogP contribution in [0.2, 0.25) is 0 Å². The number of rotatable bonds is 7. The highest BCUT2D eigenvalue weighted by atomic mass is 79.9. The van der Waals surface area contributed by atoms with E-state index in [4.69, 9.17) is 4.74 Å². The van der Waals surface area contributed by atoms with Crippen molar-refractivity contribution in [1.82, 2.24) is 4.90 Å². The molecule has 0 saturated heterocycles. The largest absolute Gasteiger partial charge is 0.445 e. The van der Waals surface area contributed by atoms with Gasteiger partial charge in [-0.1, -0.05) is 65.3 Å². The van der Waals surface area contributed by atoms with E-state index in [0.717, 1.165) is 21.2 Å². The Morgan fingerprint density at radius 3 is 2.56 bits per heavy atom. The summed E-state index contributed by atoms with van der Waals surface area (Å²) in [6.45, 7) is 5.08. The minimum Gasteiger partial charge on any atom is -0.445 e. The number of nitrogens with zero attached hydrogens (tertiary/aromatic N) is 1. The van der Waals surface area contributed by atoms with E-state index in [1.165, 1.54) is 0 Å². The Morgan fingerprint density at radius 2 is 1.92 bits per heavy atom. The Kier molecular flexibility index (Phi) is 7.47. The van der Waals surface area contributed by atoms with Crippen molar-refractivity contribution in [2.75, 3.05) is 6.54 Å². The van der Waals surface area contributed by atoms with Gasteiger partial charge < -0.3 is 14.7 Å². The highest BCUT2D eigenvalue weighted by Crippen LogP contribution is 2.25. The molecule has 0 saturated carbocycles. The smallest absolute Gasteiger partial charge is 0.410 e. The summed E-state index contributed by atoms with van der Waals surface area (Å²) < 4.78 is 6.33. The standard InChI is InChI=1S/C20H24BrNO3/c1-3-19(23)16-10-11-18(21)17(12-16)13-22(4-2)20(24)25-14-15-8-6-5-7-9-15/h5-12,19,23H,3-4,13-14H2,1-2H3. The zero-order valence-electron chi connectivity index (χ0n) is 14.6. The molecular formula is C20H24BrNO3. The van der Waals surface area contributed by atoms with Gasteiger partial charge in [-0.05, 0) is 36.1 Å². The zero-order valence-corrected chi connectivity index (χ0v) is 16.2. The quantitative estimate of drug-likeness (QED) is 0.700. The predicted octanol–water partition coefficient (Wildman–Crippen LogP) is 5.05. The van der Waals surface area contributed by atoms with Gasteiger partial charge in [-0.2, -0.15) is 0 Å². The molecule has 0 aliphatic carbocycles. The van der Waals surface area contributed by atoms with Crippen LogP contribution in [0.5, 0.6) is 0 Å². The summed E-state index contributed by atoms with van der Waals surface area (Å²) >= 11 is 3.52. The van der Waals surface area contributed by atoms with E-state index < -0.39 is 6.10 Å². The fourth-order valence-electron chi connectivity index (χ4n) is 2.48. The zero-order chi connectivity index (χ0) is 18.2. The Hall–Kier alpha value is -1.85. The number of hydrogen-bond donors (Lipinski definition) is 1. The normalized spacial score (nSPS) is 11.8. The molecule has 0 spiro atoms. The molecule has 25 heavy (non-hydrogen) atoms. The first-order valence-electron chi connectivity index (χ1n) is 8.47. The summed E-state index contributed by atoms with van der Waals surface area (Å²) in [6, 6.07) is 15.4. The van der Waals surface area contributed by atoms with Crippen molar-refractivity contribution >= 4 is 22.0 Å². The highest BCUT2D eigenvalue weighted by Gasteiger charge is 2.16. The number of carbonyl (C=O) groups is 1. The lowest BCUT2D eigenvalue weighted by atomic mass is 10.0. The van der Waals surface area contributed by atoms with Crippen LogP contribution in [0.25, 0.3) is 0 Å². The van der Waals surface area contributed by atoms with Gasteiger partial charge in [0.2, 0.25) is 0 Å². The van der Waals surface area contributed by atoms with E-state index in [9.17, 15) is 9.90 Å². The van der Waals surface area contributed by atoms with Crippen LogP contribution in [0.3, 0.4) is 0 Å². The molecule has 0 bridgehead atoms. The van der Waals surface area contributed by atoms with Crippen LogP contribution in [-0.4, -0.2) is 22.6 Å². The molecule has 1 atom stereocenters. The van der Waals surface area contributed by atoms with Crippen LogP contribution in [-0.2, 0) is 17.9 Å². The van der Waals surface area contributed by atoms with Crippen LogP contribution in [0.15, 0.2) is 53.0 Å². The molecule has 134 valence electrons. The van der Waals surface area contributed by atoms with E-state index in [-0.39, 0.29) is 12.7 Å². The molecule has 1 amide bonds. The lowest BCUT2D eigenvalue weighted by Crippen LogP contribution is -2.31. The third kappa shape index (κ3) is 5.58. The number of amides is 1. The number of hydrogen-bond acceptors (Lipinski definition) is 3. The van der Waals surface area contributed by atoms with Crippen molar-refractivity contribution in [2.45, 2.75) is 39.5 Å². The second kappa shape index (κ2) is 9.59. The van der Waals surface area contributed by atoms with Crippen LogP contribution >= 0.6 is 15.9 Å². The van der Waals surface area contributed by atoms with Gasteiger partial charge in [0.05, 0.1) is 12.6 Å². The van der Waals surface area contributed by atoms with E-state index in [2.05, 4.69) is 15.9 Å². The summed E-state index contributed by atoms with van der Waals surface area (Å²) in [5, 5.41) is 10.0. The molecule has 0 fully saturated rings.